The van der Waals surface area contributed by atoms with E-state index in [1.54, 1.807) is 23.5 Å². The van der Waals surface area contributed by atoms with Crippen molar-refractivity contribution < 1.29 is 23.9 Å². The Morgan fingerprint density at radius 1 is 1.17 bits per heavy atom. The van der Waals surface area contributed by atoms with Crippen LogP contribution in [0.3, 0.4) is 0 Å². The van der Waals surface area contributed by atoms with E-state index in [9.17, 15) is 9.90 Å². The molecule has 41 heavy (non-hydrogen) atoms. The Morgan fingerprint density at radius 2 is 1.98 bits per heavy atom. The van der Waals surface area contributed by atoms with Gasteiger partial charge in [0, 0.05) is 47.5 Å². The summed E-state index contributed by atoms with van der Waals surface area (Å²) in [7, 11) is 0. The maximum atomic E-state index is 11.8. The lowest BCUT2D eigenvalue weighted by molar-refractivity contribution is -0.0519. The highest BCUT2D eigenvalue weighted by molar-refractivity contribution is 7.22. The van der Waals surface area contributed by atoms with Gasteiger partial charge in [0.05, 0.1) is 51.2 Å². The first-order chi connectivity index (χ1) is 19.9. The van der Waals surface area contributed by atoms with E-state index >= 15 is 0 Å². The second-order valence-corrected chi connectivity index (χ2v) is 13.3. The quantitative estimate of drug-likeness (QED) is 0.219. The fourth-order valence-electron chi connectivity index (χ4n) is 6.60. The maximum absolute atomic E-state index is 11.8. The van der Waals surface area contributed by atoms with Gasteiger partial charge in [0.1, 0.15) is 11.5 Å². The van der Waals surface area contributed by atoms with Crippen LogP contribution < -0.4 is 4.90 Å². The number of hydrogen-bond donors (Lipinski definition) is 1. The SMILES string of the molecule is O=C(O)c1cc(C2CCO2)c2nc(N3C[C@@H]4C[C@H]3C[C@H]4OCc3c(-c4c(Cl)cccc4Cl)noc3C3CC3)sc2c1. The standard InChI is InChI=1S/C30H27Cl2N3O5S/c31-20-2-1-3-21(32)25(20)27-19(28(40-34-27)14-4-5-14)13-39-23-11-17-8-16(23)12-35(17)30-33-26-18(22-6-7-38-22)9-15(29(36)37)10-24(26)41-30/h1-3,9-10,14,16-17,22-23H,4-8,11-13H2,(H,36,37)/t16-,17-,22?,23+/m0/s1. The number of carbonyl (C=O) groups is 1. The average molecular weight is 613 g/mol. The Kier molecular flexibility index (Phi) is 6.30. The Bertz CT molecular complexity index is 1660. The van der Waals surface area contributed by atoms with Crippen molar-refractivity contribution in [2.24, 2.45) is 5.92 Å². The van der Waals surface area contributed by atoms with Gasteiger partial charge in [-0.2, -0.15) is 0 Å². The molecular weight excluding hydrogens is 585 g/mol. The smallest absolute Gasteiger partial charge is 0.335 e. The van der Waals surface area contributed by atoms with Crippen LogP contribution in [0.25, 0.3) is 21.5 Å². The summed E-state index contributed by atoms with van der Waals surface area (Å²) in [6.45, 7) is 1.96. The number of halogens is 2. The molecule has 4 aromatic rings. The van der Waals surface area contributed by atoms with E-state index in [1.807, 2.05) is 18.2 Å². The number of ether oxygens (including phenoxy) is 2. The zero-order chi connectivity index (χ0) is 27.8. The molecule has 1 N–H and O–H groups in total. The number of hydrogen-bond acceptors (Lipinski definition) is 8. The molecule has 11 heteroatoms. The van der Waals surface area contributed by atoms with Gasteiger partial charge in [0.15, 0.2) is 5.13 Å². The molecule has 4 atom stereocenters. The van der Waals surface area contributed by atoms with Crippen molar-refractivity contribution in [3.8, 4) is 11.3 Å². The maximum Gasteiger partial charge on any atom is 0.335 e. The molecule has 0 radical (unpaired) electrons. The highest BCUT2D eigenvalue weighted by Crippen LogP contribution is 2.48. The van der Waals surface area contributed by atoms with Crippen LogP contribution in [0.1, 0.15) is 71.4 Å². The Balaban J connectivity index is 1.01. The molecule has 2 saturated heterocycles. The third kappa shape index (κ3) is 4.44. The molecule has 4 aliphatic rings. The summed E-state index contributed by atoms with van der Waals surface area (Å²) in [6.07, 6.45) is 5.06. The Morgan fingerprint density at radius 3 is 2.63 bits per heavy atom. The van der Waals surface area contributed by atoms with Gasteiger partial charge in [-0.05, 0) is 49.9 Å². The molecule has 2 saturated carbocycles. The monoisotopic (exact) mass is 611 g/mol. The molecule has 0 amide bonds. The summed E-state index contributed by atoms with van der Waals surface area (Å²) in [5.41, 5.74) is 4.35. The number of nitrogens with zero attached hydrogens (tertiary/aromatic N) is 3. The summed E-state index contributed by atoms with van der Waals surface area (Å²) in [5, 5.41) is 16.1. The van der Waals surface area contributed by atoms with Gasteiger partial charge < -0.3 is 24.0 Å². The molecule has 2 aromatic heterocycles. The van der Waals surface area contributed by atoms with E-state index in [1.165, 1.54) is 0 Å². The number of thiazole rings is 1. The van der Waals surface area contributed by atoms with Gasteiger partial charge in [0.25, 0.3) is 0 Å². The first-order valence-electron chi connectivity index (χ1n) is 14.0. The summed E-state index contributed by atoms with van der Waals surface area (Å²) in [4.78, 5) is 19.2. The first kappa shape index (κ1) is 26.0. The third-order valence-corrected chi connectivity index (χ3v) is 10.6. The van der Waals surface area contributed by atoms with Crippen molar-refractivity contribution in [2.75, 3.05) is 18.1 Å². The molecule has 212 valence electrons. The topological polar surface area (TPSA) is 97.9 Å². The van der Waals surface area contributed by atoms with Gasteiger partial charge in [0.2, 0.25) is 0 Å². The molecular formula is C30H27Cl2N3O5S. The highest BCUT2D eigenvalue weighted by Gasteiger charge is 2.47. The number of piperidine rings is 1. The zero-order valence-electron chi connectivity index (χ0n) is 22.0. The van der Waals surface area contributed by atoms with Crippen molar-refractivity contribution in [1.82, 2.24) is 10.1 Å². The Hall–Kier alpha value is -2.69. The average Bonchev–Trinajstić information content (AvgIpc) is 3.25. The second kappa shape index (κ2) is 9.95. The van der Waals surface area contributed by atoms with Crippen LogP contribution in [-0.4, -0.2) is 46.5 Å². The van der Waals surface area contributed by atoms with E-state index in [2.05, 4.69) is 10.1 Å². The lowest BCUT2D eigenvalue weighted by Gasteiger charge is -2.31. The lowest BCUT2D eigenvalue weighted by atomic mass is 9.99. The number of carboxylic acid groups (broad SMARTS) is 1. The first-order valence-corrected chi connectivity index (χ1v) is 15.6. The van der Waals surface area contributed by atoms with E-state index in [0.29, 0.717) is 52.4 Å². The predicted molar refractivity (Wildman–Crippen MR) is 156 cm³/mol. The minimum absolute atomic E-state index is 0.0805. The fraction of sp³-hybridized carbons (Fsp3) is 0.433. The van der Waals surface area contributed by atoms with E-state index in [4.69, 9.17) is 42.2 Å². The van der Waals surface area contributed by atoms with Crippen molar-refractivity contribution >= 4 is 55.9 Å². The number of benzene rings is 2. The van der Waals surface area contributed by atoms with E-state index in [0.717, 1.165) is 70.9 Å². The van der Waals surface area contributed by atoms with Crippen LogP contribution in [0, 0.1) is 5.92 Å². The summed E-state index contributed by atoms with van der Waals surface area (Å²) in [6, 6.07) is 9.25. The van der Waals surface area contributed by atoms with Crippen LogP contribution in [0.5, 0.6) is 0 Å². The van der Waals surface area contributed by atoms with E-state index < -0.39 is 5.97 Å². The number of fused-ring (bicyclic) bond motifs is 3. The van der Waals surface area contributed by atoms with Crippen molar-refractivity contribution in [3.05, 3.63) is 62.8 Å². The molecule has 2 bridgehead atoms. The number of anilines is 1. The second-order valence-electron chi connectivity index (χ2n) is 11.5. The summed E-state index contributed by atoms with van der Waals surface area (Å²) in [5.74, 6) is 0.720. The molecule has 2 aliphatic heterocycles. The third-order valence-electron chi connectivity index (χ3n) is 8.94. The minimum atomic E-state index is -0.930. The molecule has 2 aromatic carbocycles. The molecule has 8 nitrogen and oxygen atoms in total. The molecule has 2 aliphatic carbocycles. The van der Waals surface area contributed by atoms with Crippen LogP contribution in [-0.2, 0) is 16.1 Å². The van der Waals surface area contributed by atoms with Crippen molar-refractivity contribution in [1.29, 1.82) is 0 Å². The van der Waals surface area contributed by atoms with Gasteiger partial charge in [-0.25, -0.2) is 9.78 Å². The Labute approximate surface area is 250 Å². The normalized spacial score (nSPS) is 25.3. The largest absolute Gasteiger partial charge is 0.478 e. The molecule has 4 heterocycles. The molecule has 1 unspecified atom stereocenters. The van der Waals surface area contributed by atoms with Crippen LogP contribution >= 0.6 is 34.5 Å². The predicted octanol–water partition coefficient (Wildman–Crippen LogP) is 7.48. The lowest BCUT2D eigenvalue weighted by Crippen LogP contribution is -2.38. The van der Waals surface area contributed by atoms with Gasteiger partial charge in [-0.15, -0.1) is 0 Å². The van der Waals surface area contributed by atoms with Crippen molar-refractivity contribution in [3.63, 3.8) is 0 Å². The highest BCUT2D eigenvalue weighted by atomic mass is 35.5. The molecule has 8 rings (SSSR count). The van der Waals surface area contributed by atoms with Gasteiger partial charge in [-0.3, -0.25) is 0 Å². The van der Waals surface area contributed by atoms with Crippen molar-refractivity contribution in [2.45, 2.75) is 62.9 Å². The number of aromatic carboxylic acids is 1. The zero-order valence-corrected chi connectivity index (χ0v) is 24.3. The van der Waals surface area contributed by atoms with Gasteiger partial charge >= 0.3 is 5.97 Å². The fourth-order valence-corrected chi connectivity index (χ4v) is 8.30. The minimum Gasteiger partial charge on any atom is -0.478 e. The van der Waals surface area contributed by atoms with Gasteiger partial charge in [-0.1, -0.05) is 45.8 Å². The molecule has 4 fully saturated rings. The number of aromatic nitrogens is 2. The van der Waals surface area contributed by atoms with E-state index in [-0.39, 0.29) is 17.8 Å². The van der Waals surface area contributed by atoms with Crippen LogP contribution in [0.2, 0.25) is 10.0 Å². The summed E-state index contributed by atoms with van der Waals surface area (Å²) >= 11 is 14.6. The number of carboxylic acids is 1. The number of rotatable bonds is 8. The summed E-state index contributed by atoms with van der Waals surface area (Å²) < 4.78 is 19.0. The van der Waals surface area contributed by atoms with Crippen LogP contribution in [0.15, 0.2) is 34.9 Å². The van der Waals surface area contributed by atoms with Crippen LogP contribution in [0.4, 0.5) is 5.13 Å². The molecule has 0 spiro atoms.